The number of benzene rings is 1. The van der Waals surface area contributed by atoms with E-state index in [1.54, 1.807) is 6.20 Å². The number of halogens is 1. The highest BCUT2D eigenvalue weighted by Crippen LogP contribution is 2.20. The van der Waals surface area contributed by atoms with Gasteiger partial charge >= 0.3 is 0 Å². The molecule has 1 amide bonds. The van der Waals surface area contributed by atoms with E-state index in [2.05, 4.69) is 43.8 Å². The van der Waals surface area contributed by atoms with Crippen molar-refractivity contribution >= 4 is 21.8 Å². The highest BCUT2D eigenvalue weighted by atomic mass is 79.9. The van der Waals surface area contributed by atoms with E-state index in [1.807, 2.05) is 18.3 Å². The second-order valence-corrected chi connectivity index (χ2v) is 6.43. The number of hydrogen-bond donors (Lipinski definition) is 1. The van der Waals surface area contributed by atoms with Gasteiger partial charge in [-0.1, -0.05) is 22.0 Å². The Morgan fingerprint density at radius 1 is 1.52 bits per heavy atom. The van der Waals surface area contributed by atoms with Crippen LogP contribution >= 0.6 is 15.9 Å². The summed E-state index contributed by atoms with van der Waals surface area (Å²) in [5.74, 6) is 1.18. The van der Waals surface area contributed by atoms with Crippen LogP contribution in [0.4, 0.5) is 0 Å². The smallest absolute Gasteiger partial charge is 0.223 e. The maximum Gasteiger partial charge on any atom is 0.223 e. The molecular weight excluding hydrogens is 330 g/mol. The summed E-state index contributed by atoms with van der Waals surface area (Å²) in [5, 5.41) is 3.06. The maximum absolute atomic E-state index is 12.3. The van der Waals surface area contributed by atoms with Crippen molar-refractivity contribution in [1.29, 1.82) is 0 Å². The first-order chi connectivity index (χ1) is 10.1. The predicted molar refractivity (Wildman–Crippen MR) is 84.8 cm³/mol. The van der Waals surface area contributed by atoms with Gasteiger partial charge in [0.05, 0.1) is 0 Å². The van der Waals surface area contributed by atoms with Crippen molar-refractivity contribution in [2.45, 2.75) is 32.9 Å². The number of imidazole rings is 1. The Hall–Kier alpha value is -1.62. The molecule has 110 valence electrons. The van der Waals surface area contributed by atoms with Crippen LogP contribution in [0.2, 0.25) is 0 Å². The van der Waals surface area contributed by atoms with Crippen LogP contribution < -0.4 is 5.32 Å². The lowest BCUT2D eigenvalue weighted by molar-refractivity contribution is -0.125. The van der Waals surface area contributed by atoms with Crippen LogP contribution in [0.1, 0.15) is 23.4 Å². The third-order valence-corrected chi connectivity index (χ3v) is 4.57. The van der Waals surface area contributed by atoms with Gasteiger partial charge in [-0.15, -0.1) is 0 Å². The summed E-state index contributed by atoms with van der Waals surface area (Å²) in [7, 11) is 0. The third-order valence-electron chi connectivity index (χ3n) is 4.08. The van der Waals surface area contributed by atoms with Gasteiger partial charge in [0.25, 0.3) is 0 Å². The summed E-state index contributed by atoms with van der Waals surface area (Å²) in [6.45, 7) is 3.53. The van der Waals surface area contributed by atoms with E-state index < -0.39 is 0 Å². The molecule has 0 saturated heterocycles. The fourth-order valence-corrected chi connectivity index (χ4v) is 3.23. The Balaban J connectivity index is 1.60. The molecule has 0 fully saturated rings. The molecular formula is C16H18BrN3O. The van der Waals surface area contributed by atoms with E-state index in [0.29, 0.717) is 6.54 Å². The van der Waals surface area contributed by atoms with E-state index in [4.69, 9.17) is 0 Å². The van der Waals surface area contributed by atoms with Gasteiger partial charge in [0.1, 0.15) is 5.82 Å². The molecule has 3 rings (SSSR count). The van der Waals surface area contributed by atoms with Crippen LogP contribution in [0, 0.1) is 12.8 Å². The molecule has 2 heterocycles. The number of carbonyl (C=O) groups is 1. The minimum Gasteiger partial charge on any atom is -0.352 e. The van der Waals surface area contributed by atoms with Crippen molar-refractivity contribution in [1.82, 2.24) is 14.9 Å². The standard InChI is InChI=1S/C16H18BrN3O/c1-11-8-14(17)3-2-13(11)10-19-16(21)12-4-6-20-7-5-18-15(20)9-12/h2-3,5,7-8,12H,4,6,9-10H2,1H3,(H,19,21)/t12-/m0/s1. The molecule has 4 nitrogen and oxygen atoms in total. The molecule has 1 aromatic heterocycles. The summed E-state index contributed by atoms with van der Waals surface area (Å²) in [6, 6.07) is 6.12. The fraction of sp³-hybridized carbons (Fsp3) is 0.375. The topological polar surface area (TPSA) is 46.9 Å². The van der Waals surface area contributed by atoms with Crippen molar-refractivity contribution in [2.75, 3.05) is 0 Å². The fourth-order valence-electron chi connectivity index (χ4n) is 2.76. The van der Waals surface area contributed by atoms with Crippen molar-refractivity contribution in [3.8, 4) is 0 Å². The first kappa shape index (κ1) is 14.3. The molecule has 1 aromatic carbocycles. The number of fused-ring (bicyclic) bond motifs is 1. The summed E-state index contributed by atoms with van der Waals surface area (Å²) in [4.78, 5) is 16.6. The van der Waals surface area contributed by atoms with Crippen LogP contribution in [-0.2, 0) is 24.3 Å². The predicted octanol–water partition coefficient (Wildman–Crippen LogP) is 2.83. The minimum absolute atomic E-state index is 0.0376. The van der Waals surface area contributed by atoms with Crippen LogP contribution in [0.3, 0.4) is 0 Å². The van der Waals surface area contributed by atoms with E-state index in [9.17, 15) is 4.79 Å². The van der Waals surface area contributed by atoms with Crippen molar-refractivity contribution in [3.05, 3.63) is 52.0 Å². The van der Waals surface area contributed by atoms with Crippen LogP contribution in [0.5, 0.6) is 0 Å². The molecule has 1 atom stereocenters. The number of rotatable bonds is 3. The number of aromatic nitrogens is 2. The lowest BCUT2D eigenvalue weighted by Crippen LogP contribution is -2.35. The van der Waals surface area contributed by atoms with E-state index >= 15 is 0 Å². The van der Waals surface area contributed by atoms with Crippen molar-refractivity contribution in [2.24, 2.45) is 5.92 Å². The minimum atomic E-state index is 0.0376. The number of aryl methyl sites for hydroxylation is 2. The average Bonchev–Trinajstić information content (AvgIpc) is 2.93. The SMILES string of the molecule is Cc1cc(Br)ccc1CNC(=O)[C@H]1CCn2ccnc2C1. The van der Waals surface area contributed by atoms with E-state index in [0.717, 1.165) is 35.2 Å². The quantitative estimate of drug-likeness (QED) is 0.927. The summed E-state index contributed by atoms with van der Waals surface area (Å²) < 4.78 is 3.19. The zero-order valence-electron chi connectivity index (χ0n) is 12.0. The summed E-state index contributed by atoms with van der Waals surface area (Å²) in [6.07, 6.45) is 5.40. The van der Waals surface area contributed by atoms with Crippen molar-refractivity contribution in [3.63, 3.8) is 0 Å². The summed E-state index contributed by atoms with van der Waals surface area (Å²) in [5.41, 5.74) is 2.34. The molecule has 5 heteroatoms. The molecule has 0 saturated carbocycles. The normalized spacial score (nSPS) is 17.3. The lowest BCUT2D eigenvalue weighted by Gasteiger charge is -2.22. The second-order valence-electron chi connectivity index (χ2n) is 5.52. The first-order valence-corrected chi connectivity index (χ1v) is 7.95. The van der Waals surface area contributed by atoms with Crippen LogP contribution in [0.15, 0.2) is 35.1 Å². The van der Waals surface area contributed by atoms with Gasteiger partial charge in [0.15, 0.2) is 0 Å². The Labute approximate surface area is 132 Å². The number of carbonyl (C=O) groups excluding carboxylic acids is 1. The highest BCUT2D eigenvalue weighted by molar-refractivity contribution is 9.10. The highest BCUT2D eigenvalue weighted by Gasteiger charge is 2.25. The first-order valence-electron chi connectivity index (χ1n) is 7.16. The van der Waals surface area contributed by atoms with Gasteiger partial charge in [-0.05, 0) is 36.6 Å². The van der Waals surface area contributed by atoms with Gasteiger partial charge in [0, 0.05) is 42.3 Å². The molecule has 21 heavy (non-hydrogen) atoms. The maximum atomic E-state index is 12.3. The number of nitrogens with zero attached hydrogens (tertiary/aromatic N) is 2. The molecule has 0 aliphatic carbocycles. The molecule has 1 aliphatic rings. The molecule has 0 unspecified atom stereocenters. The molecule has 2 aromatic rings. The Bertz CT molecular complexity index is 665. The number of nitrogens with one attached hydrogen (secondary N) is 1. The van der Waals surface area contributed by atoms with Gasteiger partial charge < -0.3 is 9.88 Å². The van der Waals surface area contributed by atoms with Gasteiger partial charge in [0.2, 0.25) is 5.91 Å². The third kappa shape index (κ3) is 3.18. The molecule has 1 aliphatic heterocycles. The number of amides is 1. The zero-order chi connectivity index (χ0) is 14.8. The van der Waals surface area contributed by atoms with Crippen molar-refractivity contribution < 1.29 is 4.79 Å². The largest absolute Gasteiger partial charge is 0.352 e. The molecule has 0 bridgehead atoms. The Kier molecular flexibility index (Phi) is 4.10. The zero-order valence-corrected chi connectivity index (χ0v) is 13.6. The van der Waals surface area contributed by atoms with E-state index in [-0.39, 0.29) is 11.8 Å². The molecule has 0 spiro atoms. The van der Waals surface area contributed by atoms with Gasteiger partial charge in [-0.2, -0.15) is 0 Å². The van der Waals surface area contributed by atoms with E-state index in [1.165, 1.54) is 5.56 Å². The summed E-state index contributed by atoms with van der Waals surface area (Å²) >= 11 is 3.45. The monoisotopic (exact) mass is 347 g/mol. The molecule has 0 radical (unpaired) electrons. The second kappa shape index (κ2) is 6.02. The Morgan fingerprint density at radius 2 is 2.38 bits per heavy atom. The van der Waals surface area contributed by atoms with Gasteiger partial charge in [-0.25, -0.2) is 4.98 Å². The lowest BCUT2D eigenvalue weighted by atomic mass is 9.96. The van der Waals surface area contributed by atoms with Crippen LogP contribution in [0.25, 0.3) is 0 Å². The van der Waals surface area contributed by atoms with Crippen LogP contribution in [-0.4, -0.2) is 15.5 Å². The van der Waals surface area contributed by atoms with Gasteiger partial charge in [-0.3, -0.25) is 4.79 Å². The number of hydrogen-bond acceptors (Lipinski definition) is 2. The average molecular weight is 348 g/mol. The Morgan fingerprint density at radius 3 is 3.19 bits per heavy atom. The molecule has 1 N–H and O–H groups in total.